The van der Waals surface area contributed by atoms with Crippen LogP contribution in [0.1, 0.15) is 24.0 Å². The maximum absolute atomic E-state index is 11.7. The maximum Gasteiger partial charge on any atom is 0.315 e. The van der Waals surface area contributed by atoms with Crippen LogP contribution < -0.4 is 4.74 Å². The maximum atomic E-state index is 11.7. The summed E-state index contributed by atoms with van der Waals surface area (Å²) >= 11 is 0. The van der Waals surface area contributed by atoms with Crippen LogP contribution in [0.3, 0.4) is 0 Å². The predicted molar refractivity (Wildman–Crippen MR) is 95.9 cm³/mol. The van der Waals surface area contributed by atoms with Gasteiger partial charge in [-0.2, -0.15) is 0 Å². The van der Waals surface area contributed by atoms with Crippen LogP contribution in [0.25, 0.3) is 0 Å². The zero-order valence-electron chi connectivity index (χ0n) is 14.5. The molecular formula is C20H20O7. The molecular weight excluding hydrogens is 352 g/mol. The molecule has 0 saturated heterocycles. The number of benzene rings is 2. The SMILES string of the molecule is O=C(O)CC(CC(=O)O)(C(=O)O)c1ccc(OCCc2ccccc2)cc1. The van der Waals surface area contributed by atoms with Crippen LogP contribution in [0.2, 0.25) is 0 Å². The molecule has 0 aliphatic rings. The minimum Gasteiger partial charge on any atom is -0.493 e. The van der Waals surface area contributed by atoms with Crippen molar-refractivity contribution in [3.8, 4) is 5.75 Å². The van der Waals surface area contributed by atoms with Crippen molar-refractivity contribution >= 4 is 17.9 Å². The number of aliphatic carboxylic acids is 3. The second-order valence-corrected chi connectivity index (χ2v) is 6.14. The number of hydrogen-bond acceptors (Lipinski definition) is 4. The van der Waals surface area contributed by atoms with E-state index < -0.39 is 36.2 Å². The van der Waals surface area contributed by atoms with Crippen LogP contribution in [-0.2, 0) is 26.2 Å². The van der Waals surface area contributed by atoms with E-state index in [2.05, 4.69) is 0 Å². The molecule has 0 bridgehead atoms. The van der Waals surface area contributed by atoms with Crippen molar-refractivity contribution in [2.24, 2.45) is 0 Å². The quantitative estimate of drug-likeness (QED) is 0.586. The van der Waals surface area contributed by atoms with Gasteiger partial charge in [-0.15, -0.1) is 0 Å². The Hall–Kier alpha value is -3.35. The topological polar surface area (TPSA) is 121 Å². The summed E-state index contributed by atoms with van der Waals surface area (Å²) in [4.78, 5) is 34.0. The highest BCUT2D eigenvalue weighted by atomic mass is 16.5. The van der Waals surface area contributed by atoms with Crippen molar-refractivity contribution < 1.29 is 34.4 Å². The summed E-state index contributed by atoms with van der Waals surface area (Å²) in [6.07, 6.45) is -0.967. The fourth-order valence-corrected chi connectivity index (χ4v) is 2.86. The molecule has 0 amide bonds. The van der Waals surface area contributed by atoms with Crippen molar-refractivity contribution in [3.63, 3.8) is 0 Å². The van der Waals surface area contributed by atoms with Crippen molar-refractivity contribution in [3.05, 3.63) is 65.7 Å². The fourth-order valence-electron chi connectivity index (χ4n) is 2.86. The number of carboxylic acid groups (broad SMARTS) is 3. The lowest BCUT2D eigenvalue weighted by Crippen LogP contribution is -2.40. The third-order valence-corrected chi connectivity index (χ3v) is 4.22. The molecule has 2 aromatic carbocycles. The Balaban J connectivity index is 2.14. The first-order chi connectivity index (χ1) is 12.8. The molecule has 142 valence electrons. The van der Waals surface area contributed by atoms with Crippen molar-refractivity contribution in [1.82, 2.24) is 0 Å². The molecule has 0 heterocycles. The zero-order valence-corrected chi connectivity index (χ0v) is 14.5. The molecule has 0 aliphatic heterocycles. The van der Waals surface area contributed by atoms with Crippen molar-refractivity contribution in [1.29, 1.82) is 0 Å². The monoisotopic (exact) mass is 372 g/mol. The average Bonchev–Trinajstić information content (AvgIpc) is 2.61. The average molecular weight is 372 g/mol. The second kappa shape index (κ2) is 8.84. The molecule has 0 aliphatic carbocycles. The van der Waals surface area contributed by atoms with Crippen LogP contribution in [-0.4, -0.2) is 39.8 Å². The lowest BCUT2D eigenvalue weighted by molar-refractivity contribution is -0.154. The Morgan fingerprint density at radius 1 is 0.815 bits per heavy atom. The van der Waals surface area contributed by atoms with Crippen LogP contribution in [0.4, 0.5) is 0 Å². The number of ether oxygens (including phenoxy) is 1. The van der Waals surface area contributed by atoms with E-state index in [0.29, 0.717) is 18.8 Å². The van der Waals surface area contributed by atoms with Crippen molar-refractivity contribution in [2.45, 2.75) is 24.7 Å². The predicted octanol–water partition coefficient (Wildman–Crippen LogP) is 2.58. The molecule has 0 atom stereocenters. The second-order valence-electron chi connectivity index (χ2n) is 6.14. The summed E-state index contributed by atoms with van der Waals surface area (Å²) in [6, 6.07) is 15.6. The van der Waals surface area contributed by atoms with Crippen LogP contribution >= 0.6 is 0 Å². The minimum absolute atomic E-state index is 0.107. The largest absolute Gasteiger partial charge is 0.493 e. The van der Waals surface area contributed by atoms with E-state index in [4.69, 9.17) is 14.9 Å². The molecule has 2 aromatic rings. The van der Waals surface area contributed by atoms with E-state index in [1.54, 1.807) is 0 Å². The van der Waals surface area contributed by atoms with Gasteiger partial charge in [-0.25, -0.2) is 0 Å². The third kappa shape index (κ3) is 5.31. The Bertz CT molecular complexity index is 781. The number of carboxylic acids is 3. The van der Waals surface area contributed by atoms with Gasteiger partial charge in [0.1, 0.15) is 11.2 Å². The summed E-state index contributed by atoms with van der Waals surface area (Å²) < 4.78 is 5.62. The molecule has 0 unspecified atom stereocenters. The van der Waals surface area contributed by atoms with E-state index in [-0.39, 0.29) is 5.56 Å². The lowest BCUT2D eigenvalue weighted by atomic mass is 9.75. The standard InChI is InChI=1S/C20H20O7/c21-17(22)12-20(19(25)26,13-18(23)24)15-6-8-16(9-7-15)27-11-10-14-4-2-1-3-5-14/h1-9H,10-13H2,(H,21,22)(H,23,24)(H,25,26). The van der Waals surface area contributed by atoms with Gasteiger partial charge in [0.25, 0.3) is 0 Å². The Morgan fingerprint density at radius 2 is 1.37 bits per heavy atom. The lowest BCUT2D eigenvalue weighted by Gasteiger charge is -2.26. The molecule has 0 radical (unpaired) electrons. The fraction of sp³-hybridized carbons (Fsp3) is 0.250. The number of rotatable bonds is 10. The Kier molecular flexibility index (Phi) is 6.54. The van der Waals surface area contributed by atoms with Crippen LogP contribution in [0.5, 0.6) is 5.75 Å². The van der Waals surface area contributed by atoms with E-state index in [9.17, 15) is 19.5 Å². The highest BCUT2D eigenvalue weighted by Crippen LogP contribution is 2.34. The van der Waals surface area contributed by atoms with Gasteiger partial charge in [0, 0.05) is 6.42 Å². The molecule has 0 saturated carbocycles. The molecule has 27 heavy (non-hydrogen) atoms. The van der Waals surface area contributed by atoms with Gasteiger partial charge in [0.15, 0.2) is 0 Å². The van der Waals surface area contributed by atoms with E-state index in [1.165, 1.54) is 24.3 Å². The summed E-state index contributed by atoms with van der Waals surface area (Å²) in [6.45, 7) is 0.414. The van der Waals surface area contributed by atoms with Gasteiger partial charge < -0.3 is 20.1 Å². The highest BCUT2D eigenvalue weighted by Gasteiger charge is 2.44. The highest BCUT2D eigenvalue weighted by molar-refractivity contribution is 5.91. The van der Waals surface area contributed by atoms with Gasteiger partial charge in [-0.05, 0) is 23.3 Å². The molecule has 0 fully saturated rings. The molecule has 3 N–H and O–H groups in total. The molecule has 0 aromatic heterocycles. The van der Waals surface area contributed by atoms with Crippen LogP contribution in [0.15, 0.2) is 54.6 Å². The number of carbonyl (C=O) groups is 3. The smallest absolute Gasteiger partial charge is 0.315 e. The van der Waals surface area contributed by atoms with Crippen LogP contribution in [0, 0.1) is 0 Å². The van der Waals surface area contributed by atoms with Gasteiger partial charge in [0.05, 0.1) is 19.4 Å². The molecule has 2 rings (SSSR count). The molecule has 7 nitrogen and oxygen atoms in total. The first-order valence-electron chi connectivity index (χ1n) is 8.28. The van der Waals surface area contributed by atoms with Crippen molar-refractivity contribution in [2.75, 3.05) is 6.61 Å². The first kappa shape index (κ1) is 20.0. The van der Waals surface area contributed by atoms with Gasteiger partial charge in [-0.1, -0.05) is 42.5 Å². The molecule has 0 spiro atoms. The first-order valence-corrected chi connectivity index (χ1v) is 8.28. The summed E-state index contributed by atoms with van der Waals surface area (Å²) in [5.74, 6) is -3.78. The van der Waals surface area contributed by atoms with Gasteiger partial charge in [-0.3, -0.25) is 14.4 Å². The molecule has 7 heteroatoms. The Morgan fingerprint density at radius 3 is 1.85 bits per heavy atom. The zero-order chi connectivity index (χ0) is 19.9. The third-order valence-electron chi connectivity index (χ3n) is 4.22. The van der Waals surface area contributed by atoms with E-state index in [0.717, 1.165) is 5.56 Å². The minimum atomic E-state index is -2.04. The van der Waals surface area contributed by atoms with Gasteiger partial charge >= 0.3 is 17.9 Å². The normalized spacial score (nSPS) is 11.0. The summed E-state index contributed by atoms with van der Waals surface area (Å²) in [5, 5.41) is 27.7. The summed E-state index contributed by atoms with van der Waals surface area (Å²) in [5.41, 5.74) is -0.822. The van der Waals surface area contributed by atoms with E-state index >= 15 is 0 Å². The van der Waals surface area contributed by atoms with Gasteiger partial charge in [0.2, 0.25) is 0 Å². The summed E-state index contributed by atoms with van der Waals surface area (Å²) in [7, 11) is 0. The number of hydrogen-bond donors (Lipinski definition) is 3. The Labute approximate surface area is 155 Å². The van der Waals surface area contributed by atoms with E-state index in [1.807, 2.05) is 30.3 Å².